The van der Waals surface area contributed by atoms with E-state index in [9.17, 15) is 0 Å². The third-order valence-electron chi connectivity index (χ3n) is 4.83. The molecule has 0 saturated heterocycles. The first-order valence-electron chi connectivity index (χ1n) is 10.4. The van der Waals surface area contributed by atoms with Gasteiger partial charge in [0.15, 0.2) is 6.17 Å². The van der Waals surface area contributed by atoms with Crippen molar-refractivity contribution in [3.63, 3.8) is 0 Å². The molecule has 2 N–H and O–H groups in total. The smallest absolute Gasteiger partial charge is 0.221 e. The Hall–Kier alpha value is -2.47. The SMILES string of the molecule is CC.CC(C)Oc1nc2c(c(-c3ccccc3)c1C1N=NNN1)CCCCC2.[HH]. The summed E-state index contributed by atoms with van der Waals surface area (Å²) < 4.78 is 6.15. The summed E-state index contributed by atoms with van der Waals surface area (Å²) in [6.07, 6.45) is 5.39. The molecule has 2 heterocycles. The zero-order chi connectivity index (χ0) is 19.9. The number of aryl methyl sites for hydroxylation is 1. The van der Waals surface area contributed by atoms with Crippen LogP contribution >= 0.6 is 0 Å². The number of rotatable bonds is 4. The van der Waals surface area contributed by atoms with E-state index in [0.29, 0.717) is 5.88 Å². The van der Waals surface area contributed by atoms with Crippen LogP contribution in [0.5, 0.6) is 5.88 Å². The summed E-state index contributed by atoms with van der Waals surface area (Å²) in [6.45, 7) is 8.06. The van der Waals surface area contributed by atoms with Gasteiger partial charge in [-0.2, -0.15) is 5.43 Å². The molecular weight excluding hydrogens is 350 g/mol. The minimum absolute atomic E-state index is 0. The Bertz CT molecular complexity index is 811. The highest BCUT2D eigenvalue weighted by Crippen LogP contribution is 2.41. The topological polar surface area (TPSA) is 70.9 Å². The lowest BCUT2D eigenvalue weighted by molar-refractivity contribution is 0.227. The van der Waals surface area contributed by atoms with Gasteiger partial charge in [-0.1, -0.05) is 55.8 Å². The van der Waals surface area contributed by atoms with Crippen LogP contribution in [0, 0.1) is 0 Å². The van der Waals surface area contributed by atoms with Crippen molar-refractivity contribution in [3.05, 3.63) is 47.2 Å². The molecule has 6 heteroatoms. The molecule has 4 rings (SSSR count). The summed E-state index contributed by atoms with van der Waals surface area (Å²) in [4.78, 5) is 4.95. The summed E-state index contributed by atoms with van der Waals surface area (Å²) in [5, 5.41) is 8.22. The summed E-state index contributed by atoms with van der Waals surface area (Å²) in [6, 6.07) is 10.5. The average Bonchev–Trinajstić information content (AvgIpc) is 3.14. The largest absolute Gasteiger partial charge is 0.475 e. The fourth-order valence-corrected chi connectivity index (χ4v) is 3.75. The highest BCUT2D eigenvalue weighted by molar-refractivity contribution is 5.74. The molecule has 1 aromatic carbocycles. The fraction of sp³-hybridized carbons (Fsp3) is 0.500. The minimum atomic E-state index is -0.306. The zero-order valence-electron chi connectivity index (χ0n) is 17.3. The second-order valence-electron chi connectivity index (χ2n) is 7.10. The Balaban J connectivity index is 0.000000970. The fourth-order valence-electron chi connectivity index (χ4n) is 3.75. The molecular formula is C22H33N5O. The standard InChI is InChI=1S/C20H25N5O.C2H6.H2/c1-13(2)26-20-18(19-22-24-25-23-19)17(14-9-5-3-6-10-14)15-11-7-4-8-12-16(15)21-20;1-2;/h3,5-6,9-10,13,19H,4,7-8,11-12H2,1-2H3,(H,22,25)(H,23,24);1-2H3;1H. The highest BCUT2D eigenvalue weighted by Gasteiger charge is 2.29. The van der Waals surface area contributed by atoms with Crippen molar-refractivity contribution in [2.24, 2.45) is 10.3 Å². The van der Waals surface area contributed by atoms with E-state index in [1.165, 1.54) is 41.6 Å². The van der Waals surface area contributed by atoms with Gasteiger partial charge in [-0.15, -0.1) is 5.11 Å². The highest BCUT2D eigenvalue weighted by atomic mass is 16.5. The van der Waals surface area contributed by atoms with E-state index >= 15 is 0 Å². The first-order valence-corrected chi connectivity index (χ1v) is 10.4. The van der Waals surface area contributed by atoms with E-state index in [0.717, 1.165) is 18.4 Å². The molecule has 0 bridgehead atoms. The first-order chi connectivity index (χ1) is 13.7. The van der Waals surface area contributed by atoms with Crippen molar-refractivity contribution < 1.29 is 6.16 Å². The maximum absolute atomic E-state index is 6.15. The van der Waals surface area contributed by atoms with Crippen LogP contribution in [0.25, 0.3) is 11.1 Å². The van der Waals surface area contributed by atoms with Crippen molar-refractivity contribution in [1.82, 2.24) is 15.9 Å². The monoisotopic (exact) mass is 383 g/mol. The van der Waals surface area contributed by atoms with E-state index in [-0.39, 0.29) is 13.7 Å². The molecule has 152 valence electrons. The van der Waals surface area contributed by atoms with Gasteiger partial charge in [0, 0.05) is 7.12 Å². The predicted octanol–water partition coefficient (Wildman–Crippen LogP) is 5.55. The number of pyridine rings is 1. The van der Waals surface area contributed by atoms with Crippen LogP contribution in [0.15, 0.2) is 40.7 Å². The predicted molar refractivity (Wildman–Crippen MR) is 114 cm³/mol. The van der Waals surface area contributed by atoms with Gasteiger partial charge >= 0.3 is 0 Å². The van der Waals surface area contributed by atoms with Gasteiger partial charge in [0.2, 0.25) is 5.88 Å². The average molecular weight is 384 g/mol. The van der Waals surface area contributed by atoms with E-state index in [1.54, 1.807) is 0 Å². The van der Waals surface area contributed by atoms with Crippen LogP contribution < -0.4 is 15.7 Å². The number of aromatic nitrogens is 1. The number of hydrogen-bond donors (Lipinski definition) is 2. The molecule has 1 aromatic heterocycles. The molecule has 0 saturated carbocycles. The maximum atomic E-state index is 6.15. The van der Waals surface area contributed by atoms with Gasteiger partial charge < -0.3 is 4.74 Å². The lowest BCUT2D eigenvalue weighted by atomic mass is 9.90. The summed E-state index contributed by atoms with van der Waals surface area (Å²) in [7, 11) is 0. The van der Waals surface area contributed by atoms with Crippen molar-refractivity contribution in [2.75, 3.05) is 0 Å². The summed E-state index contributed by atoms with van der Waals surface area (Å²) in [5.41, 5.74) is 11.7. The molecule has 0 fully saturated rings. The Morgan fingerprint density at radius 1 is 1.07 bits per heavy atom. The molecule has 1 aliphatic heterocycles. The zero-order valence-corrected chi connectivity index (χ0v) is 17.3. The van der Waals surface area contributed by atoms with Gasteiger partial charge in [0.05, 0.1) is 11.7 Å². The van der Waals surface area contributed by atoms with E-state index in [4.69, 9.17) is 9.72 Å². The number of nitrogens with zero attached hydrogens (tertiary/aromatic N) is 3. The molecule has 0 amide bonds. The number of fused-ring (bicyclic) bond motifs is 1. The second-order valence-corrected chi connectivity index (χ2v) is 7.10. The Kier molecular flexibility index (Phi) is 6.98. The molecule has 28 heavy (non-hydrogen) atoms. The third-order valence-corrected chi connectivity index (χ3v) is 4.83. The first kappa shape index (κ1) is 20.3. The van der Waals surface area contributed by atoms with Crippen molar-refractivity contribution in [2.45, 2.75) is 72.1 Å². The van der Waals surface area contributed by atoms with E-state index in [1.807, 2.05) is 33.8 Å². The Labute approximate surface area is 169 Å². The molecule has 1 aliphatic carbocycles. The molecule has 0 spiro atoms. The van der Waals surface area contributed by atoms with E-state index in [2.05, 4.69) is 45.6 Å². The van der Waals surface area contributed by atoms with Crippen LogP contribution in [0.3, 0.4) is 0 Å². The van der Waals surface area contributed by atoms with Gasteiger partial charge in [-0.25, -0.2) is 10.5 Å². The lowest BCUT2D eigenvalue weighted by Gasteiger charge is -2.23. The number of ether oxygens (including phenoxy) is 1. The number of benzene rings is 1. The Morgan fingerprint density at radius 2 is 1.82 bits per heavy atom. The van der Waals surface area contributed by atoms with Gasteiger partial charge in [0.1, 0.15) is 0 Å². The maximum Gasteiger partial charge on any atom is 0.221 e. The number of hydrogen-bond acceptors (Lipinski definition) is 6. The molecule has 1 unspecified atom stereocenters. The van der Waals surface area contributed by atoms with Crippen LogP contribution in [-0.2, 0) is 12.8 Å². The van der Waals surface area contributed by atoms with Crippen LogP contribution in [0.1, 0.15) is 71.4 Å². The number of hydrazine groups is 1. The van der Waals surface area contributed by atoms with Gasteiger partial charge in [-0.3, -0.25) is 0 Å². The van der Waals surface area contributed by atoms with Crippen molar-refractivity contribution >= 4 is 0 Å². The van der Waals surface area contributed by atoms with Gasteiger partial charge in [-0.05, 0) is 56.2 Å². The van der Waals surface area contributed by atoms with Crippen LogP contribution in [0.2, 0.25) is 0 Å². The van der Waals surface area contributed by atoms with Crippen molar-refractivity contribution in [1.29, 1.82) is 0 Å². The quantitative estimate of drug-likeness (QED) is 0.679. The molecule has 2 aliphatic rings. The van der Waals surface area contributed by atoms with Crippen molar-refractivity contribution in [3.8, 4) is 17.0 Å². The molecule has 0 radical (unpaired) electrons. The second kappa shape index (κ2) is 9.64. The minimum Gasteiger partial charge on any atom is -0.475 e. The third kappa shape index (κ3) is 4.33. The molecule has 6 nitrogen and oxygen atoms in total. The molecule has 2 aromatic rings. The lowest BCUT2D eigenvalue weighted by Crippen LogP contribution is -2.26. The normalized spacial score (nSPS) is 18.0. The van der Waals surface area contributed by atoms with Gasteiger partial charge in [0.25, 0.3) is 0 Å². The summed E-state index contributed by atoms with van der Waals surface area (Å²) in [5.74, 6) is 0.666. The van der Waals surface area contributed by atoms with E-state index < -0.39 is 0 Å². The van der Waals surface area contributed by atoms with Crippen LogP contribution in [-0.4, -0.2) is 11.1 Å². The summed E-state index contributed by atoms with van der Waals surface area (Å²) >= 11 is 0. The van der Waals surface area contributed by atoms with Crippen LogP contribution in [0.4, 0.5) is 0 Å². The Morgan fingerprint density at radius 3 is 2.50 bits per heavy atom. The molecule has 1 atom stereocenters. The number of nitrogens with one attached hydrogen (secondary N) is 2.